The van der Waals surface area contributed by atoms with Gasteiger partial charge in [0.2, 0.25) is 10.0 Å². The summed E-state index contributed by atoms with van der Waals surface area (Å²) in [6, 6.07) is 16.0. The van der Waals surface area contributed by atoms with Crippen molar-refractivity contribution in [2.24, 2.45) is 0 Å². The Hall–Kier alpha value is -2.55. The number of nitrogens with zero attached hydrogens (tertiary/aromatic N) is 3. The maximum Gasteiger partial charge on any atom is 0.260 e. The number of thiazole rings is 1. The Morgan fingerprint density at radius 1 is 1.03 bits per heavy atom. The molecule has 0 saturated heterocycles. The number of benzene rings is 2. The van der Waals surface area contributed by atoms with Crippen LogP contribution >= 0.6 is 11.3 Å². The summed E-state index contributed by atoms with van der Waals surface area (Å²) in [6.45, 7) is 0.372. The van der Waals surface area contributed by atoms with Gasteiger partial charge in [0.05, 0.1) is 17.1 Å². The Bertz CT molecular complexity index is 1160. The molecule has 0 bridgehead atoms. The number of fused-ring (bicyclic) bond motifs is 1. The van der Waals surface area contributed by atoms with Gasteiger partial charge in [0, 0.05) is 24.5 Å². The largest absolute Gasteiger partial charge is 0.279 e. The minimum absolute atomic E-state index is 0.0986. The van der Waals surface area contributed by atoms with Crippen molar-refractivity contribution in [3.8, 4) is 0 Å². The first-order valence-electron chi connectivity index (χ1n) is 10.2. The number of rotatable bonds is 6. The first-order chi connectivity index (χ1) is 14.9. The number of carbonyl (C=O) groups excluding carboxylic acids is 1. The Kier molecular flexibility index (Phi) is 6.22. The summed E-state index contributed by atoms with van der Waals surface area (Å²) in [5.41, 5.74) is 2.40. The number of aromatic nitrogens is 1. The van der Waals surface area contributed by atoms with Crippen LogP contribution in [0.4, 0.5) is 5.13 Å². The highest BCUT2D eigenvalue weighted by atomic mass is 32.2. The van der Waals surface area contributed by atoms with Gasteiger partial charge < -0.3 is 0 Å². The lowest BCUT2D eigenvalue weighted by molar-refractivity contribution is 0.0985. The van der Waals surface area contributed by atoms with Crippen LogP contribution in [0.3, 0.4) is 0 Å². The van der Waals surface area contributed by atoms with Crippen LogP contribution in [0, 0.1) is 0 Å². The van der Waals surface area contributed by atoms with E-state index in [0.717, 1.165) is 41.2 Å². The average molecular weight is 456 g/mol. The lowest BCUT2D eigenvalue weighted by Crippen LogP contribution is -2.31. The molecular weight excluding hydrogens is 430 g/mol. The number of sulfonamides is 1. The van der Waals surface area contributed by atoms with Crippen LogP contribution < -0.4 is 4.90 Å². The second-order valence-corrected chi connectivity index (χ2v) is 11.0. The highest BCUT2D eigenvalue weighted by Crippen LogP contribution is 2.33. The molecule has 0 unspecified atom stereocenters. The lowest BCUT2D eigenvalue weighted by atomic mass is 10.0. The van der Waals surface area contributed by atoms with Crippen LogP contribution in [0.2, 0.25) is 0 Å². The van der Waals surface area contributed by atoms with Crippen molar-refractivity contribution in [1.29, 1.82) is 0 Å². The molecule has 162 valence electrons. The number of hydrogen-bond acceptors (Lipinski definition) is 5. The van der Waals surface area contributed by atoms with Crippen molar-refractivity contribution < 1.29 is 13.2 Å². The van der Waals surface area contributed by atoms with Crippen LogP contribution in [0.1, 0.15) is 39.3 Å². The number of amides is 1. The average Bonchev–Trinajstić information content (AvgIpc) is 3.21. The van der Waals surface area contributed by atoms with E-state index in [9.17, 15) is 13.2 Å². The van der Waals surface area contributed by atoms with Gasteiger partial charge in [-0.1, -0.05) is 36.4 Å². The minimum Gasteiger partial charge on any atom is -0.279 e. The molecule has 0 saturated carbocycles. The van der Waals surface area contributed by atoms with E-state index in [1.165, 1.54) is 31.1 Å². The SMILES string of the molecule is CN(C)S(=O)(=O)c1cccc(C(=O)N(Cc2ccccc2)c2nc3c(s2)CCCC3)c1. The zero-order valence-electron chi connectivity index (χ0n) is 17.6. The molecule has 0 spiro atoms. The molecule has 1 aliphatic rings. The van der Waals surface area contributed by atoms with E-state index in [4.69, 9.17) is 4.98 Å². The summed E-state index contributed by atoms with van der Waals surface area (Å²) in [5.74, 6) is -0.259. The topological polar surface area (TPSA) is 70.6 Å². The predicted molar refractivity (Wildman–Crippen MR) is 123 cm³/mol. The molecule has 6 nitrogen and oxygen atoms in total. The molecule has 0 N–H and O–H groups in total. The maximum absolute atomic E-state index is 13.6. The summed E-state index contributed by atoms with van der Waals surface area (Å²) in [5, 5.41) is 0.668. The van der Waals surface area contributed by atoms with Crippen molar-refractivity contribution in [2.45, 2.75) is 37.1 Å². The van der Waals surface area contributed by atoms with Gasteiger partial charge in [0.25, 0.3) is 5.91 Å². The molecule has 1 aromatic heterocycles. The van der Waals surface area contributed by atoms with Gasteiger partial charge >= 0.3 is 0 Å². The van der Waals surface area contributed by atoms with E-state index in [1.54, 1.807) is 28.4 Å². The van der Waals surface area contributed by atoms with Crippen LogP contribution in [0.5, 0.6) is 0 Å². The summed E-state index contributed by atoms with van der Waals surface area (Å²) in [6.07, 6.45) is 4.20. The molecule has 1 aliphatic carbocycles. The first-order valence-corrected chi connectivity index (χ1v) is 12.5. The second-order valence-electron chi connectivity index (χ2n) is 7.77. The number of aryl methyl sites for hydroxylation is 2. The zero-order chi connectivity index (χ0) is 22.0. The number of hydrogen-bond donors (Lipinski definition) is 0. The van der Waals surface area contributed by atoms with Crippen molar-refractivity contribution in [3.63, 3.8) is 0 Å². The highest BCUT2D eigenvalue weighted by Gasteiger charge is 2.26. The van der Waals surface area contributed by atoms with E-state index in [1.807, 2.05) is 30.3 Å². The molecule has 8 heteroatoms. The second kappa shape index (κ2) is 8.90. The lowest BCUT2D eigenvalue weighted by Gasteiger charge is -2.21. The fourth-order valence-electron chi connectivity index (χ4n) is 3.60. The third-order valence-electron chi connectivity index (χ3n) is 5.35. The van der Waals surface area contributed by atoms with Gasteiger partial charge in [-0.15, -0.1) is 11.3 Å². The highest BCUT2D eigenvalue weighted by molar-refractivity contribution is 7.89. The molecule has 2 aromatic carbocycles. The summed E-state index contributed by atoms with van der Waals surface area (Å²) >= 11 is 1.57. The monoisotopic (exact) mass is 455 g/mol. The van der Waals surface area contributed by atoms with E-state index in [0.29, 0.717) is 17.2 Å². The smallest absolute Gasteiger partial charge is 0.260 e. The maximum atomic E-state index is 13.6. The molecule has 0 fully saturated rings. The fraction of sp³-hybridized carbons (Fsp3) is 0.304. The number of carbonyl (C=O) groups is 1. The third-order valence-corrected chi connectivity index (χ3v) is 8.34. The molecule has 0 atom stereocenters. The molecular formula is C23H25N3O3S2. The van der Waals surface area contributed by atoms with Gasteiger partial charge in [-0.05, 0) is 49.4 Å². The van der Waals surface area contributed by atoms with Crippen LogP contribution in [0.25, 0.3) is 0 Å². The van der Waals surface area contributed by atoms with E-state index in [2.05, 4.69) is 0 Å². The van der Waals surface area contributed by atoms with Gasteiger partial charge in [-0.25, -0.2) is 17.7 Å². The zero-order valence-corrected chi connectivity index (χ0v) is 19.2. The summed E-state index contributed by atoms with van der Waals surface area (Å²) < 4.78 is 26.3. The summed E-state index contributed by atoms with van der Waals surface area (Å²) in [7, 11) is -0.679. The van der Waals surface area contributed by atoms with Crippen molar-refractivity contribution in [2.75, 3.05) is 19.0 Å². The summed E-state index contributed by atoms with van der Waals surface area (Å²) in [4.78, 5) is 21.4. The first kappa shape index (κ1) is 21.7. The van der Waals surface area contributed by atoms with E-state index >= 15 is 0 Å². The molecule has 1 amide bonds. The Morgan fingerprint density at radius 3 is 2.48 bits per heavy atom. The normalized spacial score (nSPS) is 13.8. The Morgan fingerprint density at radius 2 is 1.77 bits per heavy atom. The van der Waals surface area contributed by atoms with Crippen molar-refractivity contribution >= 4 is 32.4 Å². The molecule has 4 rings (SSSR count). The molecule has 1 heterocycles. The van der Waals surface area contributed by atoms with E-state index < -0.39 is 10.0 Å². The minimum atomic E-state index is -3.63. The number of anilines is 1. The predicted octanol–water partition coefficient (Wildman–Crippen LogP) is 4.12. The van der Waals surface area contributed by atoms with E-state index in [-0.39, 0.29) is 10.8 Å². The Labute approximate surface area is 187 Å². The standard InChI is InChI=1S/C23H25N3O3S2/c1-25(2)31(28,29)19-12-8-11-18(15-19)22(27)26(16-17-9-4-3-5-10-17)23-24-20-13-6-7-14-21(20)30-23/h3-5,8-12,15H,6-7,13-14,16H2,1-2H3. The van der Waals surface area contributed by atoms with Crippen LogP contribution in [-0.2, 0) is 29.4 Å². The van der Waals surface area contributed by atoms with Gasteiger partial charge in [-0.2, -0.15) is 0 Å². The van der Waals surface area contributed by atoms with Crippen LogP contribution in [0.15, 0.2) is 59.5 Å². The Balaban J connectivity index is 1.73. The van der Waals surface area contributed by atoms with Crippen molar-refractivity contribution in [1.82, 2.24) is 9.29 Å². The quantitative estimate of drug-likeness (QED) is 0.561. The van der Waals surface area contributed by atoms with Gasteiger partial charge in [0.1, 0.15) is 0 Å². The van der Waals surface area contributed by atoms with Crippen LogP contribution in [-0.4, -0.2) is 37.7 Å². The van der Waals surface area contributed by atoms with Gasteiger partial charge in [0.15, 0.2) is 5.13 Å². The van der Waals surface area contributed by atoms with Crippen molar-refractivity contribution in [3.05, 3.63) is 76.3 Å². The third kappa shape index (κ3) is 4.56. The molecule has 3 aromatic rings. The molecule has 0 aliphatic heterocycles. The van der Waals surface area contributed by atoms with Gasteiger partial charge in [-0.3, -0.25) is 9.69 Å². The molecule has 0 radical (unpaired) electrons. The molecule has 31 heavy (non-hydrogen) atoms. The fourth-order valence-corrected chi connectivity index (χ4v) is 5.70.